The van der Waals surface area contributed by atoms with E-state index in [0.29, 0.717) is 24.6 Å². The highest BCUT2D eigenvalue weighted by molar-refractivity contribution is 14.0. The van der Waals surface area contributed by atoms with Crippen LogP contribution in [0.4, 0.5) is 0 Å². The first-order chi connectivity index (χ1) is 14.4. The fourth-order valence-electron chi connectivity index (χ4n) is 2.72. The number of aryl methyl sites for hydroxylation is 1. The Morgan fingerprint density at radius 3 is 2.39 bits per heavy atom. The molecule has 5 N–H and O–H groups in total. The molecule has 0 aliphatic heterocycles. The number of carbonyl (C=O) groups is 2. The molecule has 0 saturated carbocycles. The molecule has 2 aromatic rings. The number of primary amides is 1. The third kappa shape index (κ3) is 8.83. The van der Waals surface area contributed by atoms with E-state index < -0.39 is 5.91 Å². The van der Waals surface area contributed by atoms with Crippen molar-refractivity contribution in [2.45, 2.75) is 26.9 Å². The average molecular weight is 539 g/mol. The van der Waals surface area contributed by atoms with E-state index in [4.69, 9.17) is 10.5 Å². The lowest BCUT2D eigenvalue weighted by molar-refractivity contribution is -0.117. The molecule has 0 atom stereocenters. The maximum Gasteiger partial charge on any atom is 0.251 e. The van der Waals surface area contributed by atoms with Gasteiger partial charge in [-0.15, -0.1) is 24.0 Å². The Hall–Kier alpha value is -2.82. The van der Waals surface area contributed by atoms with Crippen LogP contribution in [0.3, 0.4) is 0 Å². The van der Waals surface area contributed by atoms with Crippen LogP contribution in [0, 0.1) is 6.92 Å². The molecule has 0 spiro atoms. The van der Waals surface area contributed by atoms with Crippen LogP contribution >= 0.6 is 24.0 Å². The van der Waals surface area contributed by atoms with E-state index in [-0.39, 0.29) is 36.4 Å². The Morgan fingerprint density at radius 2 is 1.77 bits per heavy atom. The summed E-state index contributed by atoms with van der Waals surface area (Å²) in [4.78, 5) is 27.3. The quantitative estimate of drug-likeness (QED) is 0.221. The van der Waals surface area contributed by atoms with E-state index in [1.165, 1.54) is 0 Å². The molecule has 0 fully saturated rings. The molecule has 0 radical (unpaired) electrons. The van der Waals surface area contributed by atoms with Gasteiger partial charge in [0.15, 0.2) is 5.96 Å². The minimum atomic E-state index is -0.582. The number of nitrogens with one attached hydrogen (secondary N) is 3. The van der Waals surface area contributed by atoms with E-state index in [0.717, 1.165) is 29.0 Å². The van der Waals surface area contributed by atoms with Gasteiger partial charge in [0.2, 0.25) is 5.91 Å². The molecular formula is C22H30IN5O3. The van der Waals surface area contributed by atoms with Gasteiger partial charge in [0.1, 0.15) is 5.75 Å². The van der Waals surface area contributed by atoms with Gasteiger partial charge in [-0.05, 0) is 43.2 Å². The van der Waals surface area contributed by atoms with Crippen molar-refractivity contribution in [1.29, 1.82) is 0 Å². The zero-order chi connectivity index (χ0) is 21.9. The Balaban J connectivity index is 0.00000480. The van der Waals surface area contributed by atoms with Crippen molar-refractivity contribution in [3.63, 3.8) is 0 Å². The Morgan fingerprint density at radius 1 is 1.06 bits per heavy atom. The Kier molecular flexibility index (Phi) is 11.4. The summed E-state index contributed by atoms with van der Waals surface area (Å²) in [6, 6.07) is 13.1. The molecule has 2 rings (SSSR count). The van der Waals surface area contributed by atoms with E-state index in [1.54, 1.807) is 19.2 Å². The highest BCUT2D eigenvalue weighted by Crippen LogP contribution is 2.19. The lowest BCUT2D eigenvalue weighted by atomic mass is 10.1. The highest BCUT2D eigenvalue weighted by atomic mass is 127. The largest absolute Gasteiger partial charge is 0.496 e. The van der Waals surface area contributed by atoms with Crippen molar-refractivity contribution in [1.82, 2.24) is 16.0 Å². The van der Waals surface area contributed by atoms with Crippen LogP contribution < -0.4 is 26.4 Å². The second-order valence-electron chi connectivity index (χ2n) is 6.71. The maximum atomic E-state index is 11.9. The lowest BCUT2D eigenvalue weighted by Crippen LogP contribution is -2.36. The SMILES string of the molecule is CCNC(=NCc1ccc(C(=O)NCC(N)=O)cc1)NCc1ccc(C)cc1OC.I. The number of rotatable bonds is 9. The van der Waals surface area contributed by atoms with Gasteiger partial charge >= 0.3 is 0 Å². The van der Waals surface area contributed by atoms with Gasteiger partial charge in [0, 0.05) is 24.2 Å². The van der Waals surface area contributed by atoms with Crippen LogP contribution in [0.15, 0.2) is 47.5 Å². The fourth-order valence-corrected chi connectivity index (χ4v) is 2.72. The number of amides is 2. The molecule has 0 saturated heterocycles. The second-order valence-corrected chi connectivity index (χ2v) is 6.71. The molecule has 0 aliphatic carbocycles. The first kappa shape index (κ1) is 26.2. The van der Waals surface area contributed by atoms with E-state index in [1.807, 2.05) is 44.2 Å². The number of ether oxygens (including phenoxy) is 1. The van der Waals surface area contributed by atoms with Crippen LogP contribution in [-0.4, -0.2) is 38.0 Å². The van der Waals surface area contributed by atoms with Crippen LogP contribution in [0.1, 0.15) is 34.0 Å². The molecule has 0 aliphatic rings. The Bertz CT molecular complexity index is 901. The van der Waals surface area contributed by atoms with Crippen molar-refractivity contribution in [3.05, 3.63) is 64.7 Å². The molecule has 0 aromatic heterocycles. The van der Waals surface area contributed by atoms with Crippen LogP contribution in [0.2, 0.25) is 0 Å². The van der Waals surface area contributed by atoms with Crippen molar-refractivity contribution in [2.75, 3.05) is 20.2 Å². The zero-order valence-corrected chi connectivity index (χ0v) is 20.4. The van der Waals surface area contributed by atoms with Gasteiger partial charge in [0.25, 0.3) is 5.91 Å². The molecule has 2 amide bonds. The topological polar surface area (TPSA) is 118 Å². The number of benzene rings is 2. The zero-order valence-electron chi connectivity index (χ0n) is 18.0. The number of hydrogen-bond acceptors (Lipinski definition) is 4. The third-order valence-corrected chi connectivity index (χ3v) is 4.29. The molecule has 2 aromatic carbocycles. The number of aliphatic imine (C=N–C) groups is 1. The van der Waals surface area contributed by atoms with Gasteiger partial charge in [-0.3, -0.25) is 9.59 Å². The summed E-state index contributed by atoms with van der Waals surface area (Å²) in [5.41, 5.74) is 8.63. The number of nitrogens with two attached hydrogens (primary N) is 1. The molecular weight excluding hydrogens is 509 g/mol. The van der Waals surface area contributed by atoms with Gasteiger partial charge in [-0.1, -0.05) is 24.3 Å². The number of halogens is 1. The van der Waals surface area contributed by atoms with Gasteiger partial charge in [0.05, 0.1) is 20.2 Å². The monoisotopic (exact) mass is 539 g/mol. The van der Waals surface area contributed by atoms with Crippen molar-refractivity contribution in [3.8, 4) is 5.75 Å². The van der Waals surface area contributed by atoms with Crippen LogP contribution in [0.5, 0.6) is 5.75 Å². The van der Waals surface area contributed by atoms with Gasteiger partial charge in [-0.25, -0.2) is 4.99 Å². The summed E-state index contributed by atoms with van der Waals surface area (Å²) in [7, 11) is 1.66. The molecule has 0 bridgehead atoms. The number of guanidine groups is 1. The Labute approximate surface area is 200 Å². The maximum absolute atomic E-state index is 11.9. The van der Waals surface area contributed by atoms with E-state index >= 15 is 0 Å². The standard InChI is InChI=1S/C22H29N5O3.HI/c1-4-24-22(27-13-18-8-5-15(2)11-19(18)30-3)26-12-16-6-9-17(10-7-16)21(29)25-14-20(23)28;/h5-11H,4,12-14H2,1-3H3,(H2,23,28)(H,25,29)(H2,24,26,27);1H. The number of methoxy groups -OCH3 is 1. The highest BCUT2D eigenvalue weighted by Gasteiger charge is 2.07. The predicted octanol–water partition coefficient (Wildman–Crippen LogP) is 2.09. The minimum Gasteiger partial charge on any atom is -0.496 e. The second kappa shape index (κ2) is 13.5. The third-order valence-electron chi connectivity index (χ3n) is 4.29. The molecule has 0 heterocycles. The summed E-state index contributed by atoms with van der Waals surface area (Å²) in [5, 5.41) is 8.99. The lowest BCUT2D eigenvalue weighted by Gasteiger charge is -2.14. The molecule has 0 unspecified atom stereocenters. The first-order valence-corrected chi connectivity index (χ1v) is 9.74. The normalized spacial score (nSPS) is 10.6. The van der Waals surface area contributed by atoms with Crippen molar-refractivity contribution < 1.29 is 14.3 Å². The van der Waals surface area contributed by atoms with Crippen LogP contribution in [0.25, 0.3) is 0 Å². The summed E-state index contributed by atoms with van der Waals surface area (Å²) >= 11 is 0. The number of carbonyl (C=O) groups excluding carboxylic acids is 2. The van der Waals surface area contributed by atoms with Crippen molar-refractivity contribution >= 4 is 41.8 Å². The van der Waals surface area contributed by atoms with Crippen molar-refractivity contribution in [2.24, 2.45) is 10.7 Å². The number of nitrogens with zero attached hydrogens (tertiary/aromatic N) is 1. The summed E-state index contributed by atoms with van der Waals surface area (Å²) < 4.78 is 5.45. The molecule has 8 nitrogen and oxygen atoms in total. The van der Waals surface area contributed by atoms with Crippen LogP contribution in [-0.2, 0) is 17.9 Å². The molecule has 9 heteroatoms. The summed E-state index contributed by atoms with van der Waals surface area (Å²) in [6.07, 6.45) is 0. The van der Waals surface area contributed by atoms with E-state index in [9.17, 15) is 9.59 Å². The first-order valence-electron chi connectivity index (χ1n) is 9.74. The average Bonchev–Trinajstić information content (AvgIpc) is 2.74. The molecule has 168 valence electrons. The summed E-state index contributed by atoms with van der Waals surface area (Å²) in [6.45, 7) is 5.60. The van der Waals surface area contributed by atoms with Gasteiger partial charge < -0.3 is 26.4 Å². The minimum absolute atomic E-state index is 0. The summed E-state index contributed by atoms with van der Waals surface area (Å²) in [5.74, 6) is 0.596. The smallest absolute Gasteiger partial charge is 0.251 e. The van der Waals surface area contributed by atoms with E-state index in [2.05, 4.69) is 20.9 Å². The molecule has 31 heavy (non-hydrogen) atoms. The predicted molar refractivity (Wildman–Crippen MR) is 133 cm³/mol. The fraction of sp³-hybridized carbons (Fsp3) is 0.318. The number of hydrogen-bond donors (Lipinski definition) is 4. The van der Waals surface area contributed by atoms with Gasteiger partial charge in [-0.2, -0.15) is 0 Å².